The molecule has 1 aliphatic carbocycles. The average Bonchev–Trinajstić information content (AvgIpc) is 2.45. The second kappa shape index (κ2) is 5.16. The van der Waals surface area contributed by atoms with Gasteiger partial charge in [-0.25, -0.2) is 0 Å². The molecular formula is C17H16N2. The van der Waals surface area contributed by atoms with Gasteiger partial charge in [0.25, 0.3) is 0 Å². The van der Waals surface area contributed by atoms with Crippen LogP contribution in [0.2, 0.25) is 0 Å². The molecule has 0 fully saturated rings. The van der Waals surface area contributed by atoms with E-state index in [-0.39, 0.29) is 5.92 Å². The number of benzene rings is 1. The Morgan fingerprint density at radius 1 is 1.21 bits per heavy atom. The zero-order valence-electron chi connectivity index (χ0n) is 10.8. The molecule has 0 radical (unpaired) electrons. The first-order valence-electron chi connectivity index (χ1n) is 6.64. The summed E-state index contributed by atoms with van der Waals surface area (Å²) in [5.41, 5.74) is 10.0. The Labute approximate surface area is 113 Å². The number of fused-ring (bicyclic) bond motifs is 1. The fourth-order valence-electron chi connectivity index (χ4n) is 2.54. The summed E-state index contributed by atoms with van der Waals surface area (Å²) in [4.78, 5) is 4.50. The number of hydrogen-bond acceptors (Lipinski definition) is 2. The summed E-state index contributed by atoms with van der Waals surface area (Å²) in [5.74, 6) is 6.84. The van der Waals surface area contributed by atoms with E-state index in [4.69, 9.17) is 5.73 Å². The summed E-state index contributed by atoms with van der Waals surface area (Å²) in [6, 6.07) is 11.9. The molecule has 19 heavy (non-hydrogen) atoms. The number of hydrogen-bond donors (Lipinski definition) is 1. The van der Waals surface area contributed by atoms with Crippen LogP contribution >= 0.6 is 0 Å². The maximum absolute atomic E-state index is 5.76. The van der Waals surface area contributed by atoms with Crippen molar-refractivity contribution < 1.29 is 0 Å². The van der Waals surface area contributed by atoms with Crippen LogP contribution < -0.4 is 5.73 Å². The molecule has 0 amide bonds. The van der Waals surface area contributed by atoms with Gasteiger partial charge in [0.05, 0.1) is 11.6 Å². The fraction of sp³-hybridized carbons (Fsp3) is 0.235. The van der Waals surface area contributed by atoms with E-state index in [2.05, 4.69) is 22.9 Å². The standard InChI is InChI=1S/C17H16N2/c18-16-8-1-4-13(12-16)9-10-15-6-2-5-14-7-3-11-19-17(14)15/h1,3-4,7-8,11-12,15H,2,5-6,18H2. The predicted octanol–water partition coefficient (Wildman–Crippen LogP) is 3.14. The third kappa shape index (κ3) is 2.61. The molecule has 0 spiro atoms. The van der Waals surface area contributed by atoms with Gasteiger partial charge in [-0.15, -0.1) is 0 Å². The highest BCUT2D eigenvalue weighted by Crippen LogP contribution is 2.29. The highest BCUT2D eigenvalue weighted by atomic mass is 14.7. The van der Waals surface area contributed by atoms with E-state index in [0.29, 0.717) is 0 Å². The monoisotopic (exact) mass is 248 g/mol. The Kier molecular flexibility index (Phi) is 3.20. The van der Waals surface area contributed by atoms with Crippen molar-refractivity contribution in [2.75, 3.05) is 5.73 Å². The van der Waals surface area contributed by atoms with Crippen molar-refractivity contribution in [3.05, 3.63) is 59.4 Å². The molecular weight excluding hydrogens is 232 g/mol. The van der Waals surface area contributed by atoms with E-state index in [1.54, 1.807) is 0 Å². The van der Waals surface area contributed by atoms with Gasteiger partial charge in [-0.1, -0.05) is 24.0 Å². The summed E-state index contributed by atoms with van der Waals surface area (Å²) < 4.78 is 0. The number of nitrogens with zero attached hydrogens (tertiary/aromatic N) is 1. The third-order valence-electron chi connectivity index (χ3n) is 3.47. The number of rotatable bonds is 0. The summed E-state index contributed by atoms with van der Waals surface area (Å²) in [6.07, 6.45) is 5.27. The number of nitrogen functional groups attached to an aromatic ring is 1. The minimum atomic E-state index is 0.256. The molecule has 1 unspecified atom stereocenters. The number of aryl methyl sites for hydroxylation is 1. The zero-order chi connectivity index (χ0) is 13.1. The minimum Gasteiger partial charge on any atom is -0.399 e. The van der Waals surface area contributed by atoms with Crippen LogP contribution in [0.5, 0.6) is 0 Å². The molecule has 2 nitrogen and oxygen atoms in total. The summed E-state index contributed by atoms with van der Waals surface area (Å²) in [6.45, 7) is 0. The van der Waals surface area contributed by atoms with Crippen molar-refractivity contribution in [2.24, 2.45) is 0 Å². The SMILES string of the molecule is Nc1cccc(C#CC2CCCc3cccnc32)c1. The summed E-state index contributed by atoms with van der Waals surface area (Å²) in [7, 11) is 0. The van der Waals surface area contributed by atoms with Crippen LogP contribution in [0.15, 0.2) is 42.6 Å². The number of aromatic nitrogens is 1. The highest BCUT2D eigenvalue weighted by Gasteiger charge is 2.18. The maximum atomic E-state index is 5.76. The van der Waals surface area contributed by atoms with Gasteiger partial charge in [0, 0.05) is 17.4 Å². The molecule has 3 rings (SSSR count). The van der Waals surface area contributed by atoms with Gasteiger partial charge in [0.15, 0.2) is 0 Å². The second-order valence-corrected chi connectivity index (χ2v) is 4.89. The molecule has 1 aromatic carbocycles. The first-order chi connectivity index (χ1) is 9.33. The smallest absolute Gasteiger partial charge is 0.0631 e. The van der Waals surface area contributed by atoms with E-state index in [1.165, 1.54) is 12.0 Å². The lowest BCUT2D eigenvalue weighted by atomic mass is 9.87. The van der Waals surface area contributed by atoms with Crippen LogP contribution in [0.4, 0.5) is 5.69 Å². The molecule has 2 heteroatoms. The Bertz CT molecular complexity index is 650. The quantitative estimate of drug-likeness (QED) is 0.574. The van der Waals surface area contributed by atoms with Gasteiger partial charge < -0.3 is 5.73 Å². The maximum Gasteiger partial charge on any atom is 0.0631 e. The lowest BCUT2D eigenvalue weighted by molar-refractivity contribution is 0.623. The van der Waals surface area contributed by atoms with Gasteiger partial charge in [-0.05, 0) is 49.1 Å². The Hall–Kier alpha value is -2.27. The number of pyridine rings is 1. The molecule has 0 aliphatic heterocycles. The van der Waals surface area contributed by atoms with E-state index in [0.717, 1.165) is 29.8 Å². The molecule has 1 heterocycles. The molecule has 1 aromatic heterocycles. The van der Waals surface area contributed by atoms with Gasteiger partial charge in [0.1, 0.15) is 0 Å². The average molecular weight is 248 g/mol. The largest absolute Gasteiger partial charge is 0.399 e. The van der Waals surface area contributed by atoms with E-state index in [9.17, 15) is 0 Å². The molecule has 0 saturated heterocycles. The molecule has 94 valence electrons. The van der Waals surface area contributed by atoms with Crippen molar-refractivity contribution in [3.8, 4) is 11.8 Å². The zero-order valence-corrected chi connectivity index (χ0v) is 10.8. The molecule has 1 atom stereocenters. The minimum absolute atomic E-state index is 0.256. The first kappa shape index (κ1) is 11.8. The van der Waals surface area contributed by atoms with E-state index < -0.39 is 0 Å². The lowest BCUT2D eigenvalue weighted by Crippen LogP contribution is -2.10. The van der Waals surface area contributed by atoms with Crippen molar-refractivity contribution >= 4 is 5.69 Å². The van der Waals surface area contributed by atoms with Gasteiger partial charge >= 0.3 is 0 Å². The normalized spacial score (nSPS) is 17.2. The van der Waals surface area contributed by atoms with Gasteiger partial charge in [-0.2, -0.15) is 0 Å². The van der Waals surface area contributed by atoms with E-state index in [1.807, 2.05) is 36.5 Å². The molecule has 0 bridgehead atoms. The topological polar surface area (TPSA) is 38.9 Å². The summed E-state index contributed by atoms with van der Waals surface area (Å²) >= 11 is 0. The van der Waals surface area contributed by atoms with Crippen LogP contribution in [-0.2, 0) is 6.42 Å². The van der Waals surface area contributed by atoms with Crippen LogP contribution in [0, 0.1) is 11.8 Å². The number of nitrogens with two attached hydrogens (primary N) is 1. The third-order valence-corrected chi connectivity index (χ3v) is 3.47. The number of anilines is 1. The summed E-state index contributed by atoms with van der Waals surface area (Å²) in [5, 5.41) is 0. The second-order valence-electron chi connectivity index (χ2n) is 4.89. The first-order valence-corrected chi connectivity index (χ1v) is 6.64. The molecule has 2 N–H and O–H groups in total. The highest BCUT2D eigenvalue weighted by molar-refractivity contribution is 5.48. The van der Waals surface area contributed by atoms with Crippen LogP contribution in [-0.4, -0.2) is 4.98 Å². The Balaban J connectivity index is 1.90. The van der Waals surface area contributed by atoms with Crippen molar-refractivity contribution in [1.29, 1.82) is 0 Å². The molecule has 1 aliphatic rings. The van der Waals surface area contributed by atoms with Crippen molar-refractivity contribution in [3.63, 3.8) is 0 Å². The molecule has 0 saturated carbocycles. The van der Waals surface area contributed by atoms with Crippen molar-refractivity contribution in [2.45, 2.75) is 25.2 Å². The van der Waals surface area contributed by atoms with Crippen LogP contribution in [0.1, 0.15) is 35.6 Å². The van der Waals surface area contributed by atoms with Crippen molar-refractivity contribution in [1.82, 2.24) is 4.98 Å². The Morgan fingerprint density at radius 2 is 2.16 bits per heavy atom. The van der Waals surface area contributed by atoms with Crippen LogP contribution in [0.3, 0.4) is 0 Å². The lowest BCUT2D eigenvalue weighted by Gasteiger charge is -2.19. The van der Waals surface area contributed by atoms with Gasteiger partial charge in [0.2, 0.25) is 0 Å². The predicted molar refractivity (Wildman–Crippen MR) is 77.6 cm³/mol. The fourth-order valence-corrected chi connectivity index (χ4v) is 2.54. The van der Waals surface area contributed by atoms with Crippen LogP contribution in [0.25, 0.3) is 0 Å². The molecule has 2 aromatic rings. The Morgan fingerprint density at radius 3 is 3.05 bits per heavy atom. The van der Waals surface area contributed by atoms with E-state index >= 15 is 0 Å². The van der Waals surface area contributed by atoms with Gasteiger partial charge in [-0.3, -0.25) is 4.98 Å².